The van der Waals surface area contributed by atoms with Gasteiger partial charge in [0.15, 0.2) is 5.65 Å². The summed E-state index contributed by atoms with van der Waals surface area (Å²) in [5.74, 6) is 0.460. The molecule has 110 valence electrons. The van der Waals surface area contributed by atoms with Gasteiger partial charge >= 0.3 is 5.69 Å². The van der Waals surface area contributed by atoms with Crippen LogP contribution < -0.4 is 5.69 Å². The second-order valence-electron chi connectivity index (χ2n) is 4.63. The number of nitrogens with zero attached hydrogens (tertiary/aromatic N) is 5. The van der Waals surface area contributed by atoms with Gasteiger partial charge in [0.25, 0.3) is 0 Å². The van der Waals surface area contributed by atoms with Gasteiger partial charge in [0, 0.05) is 24.3 Å². The molecule has 0 saturated carbocycles. The van der Waals surface area contributed by atoms with Gasteiger partial charge in [-0.1, -0.05) is 0 Å². The van der Waals surface area contributed by atoms with Gasteiger partial charge in [-0.15, -0.1) is 28.0 Å². The van der Waals surface area contributed by atoms with Crippen molar-refractivity contribution in [2.45, 2.75) is 31.7 Å². The van der Waals surface area contributed by atoms with Gasteiger partial charge < -0.3 is 0 Å². The number of rotatable bonds is 6. The molecular weight excluding hydrogens is 310 g/mol. The second kappa shape index (κ2) is 6.36. The number of aromatic nitrogens is 5. The summed E-state index contributed by atoms with van der Waals surface area (Å²) < 4.78 is 2.99. The van der Waals surface area contributed by atoms with Crippen molar-refractivity contribution in [3.8, 4) is 0 Å². The monoisotopic (exact) mass is 323 g/mol. The molecule has 3 aromatic rings. The van der Waals surface area contributed by atoms with E-state index in [9.17, 15) is 4.79 Å². The summed E-state index contributed by atoms with van der Waals surface area (Å²) >= 11 is 7.36. The molecule has 0 aliphatic rings. The third kappa shape index (κ3) is 3.14. The Morgan fingerprint density at radius 1 is 1.33 bits per heavy atom. The highest BCUT2D eigenvalue weighted by molar-refractivity contribution is 7.09. The summed E-state index contributed by atoms with van der Waals surface area (Å²) in [6.07, 6.45) is 7.55. The average Bonchev–Trinajstić information content (AvgIpc) is 3.09. The summed E-state index contributed by atoms with van der Waals surface area (Å²) in [6.45, 7) is 0.605. The third-order valence-electron chi connectivity index (χ3n) is 3.14. The molecule has 8 heteroatoms. The number of halogens is 1. The fourth-order valence-corrected chi connectivity index (χ4v) is 3.16. The van der Waals surface area contributed by atoms with Crippen LogP contribution in [0, 0.1) is 0 Å². The molecule has 0 radical (unpaired) electrons. The smallest absolute Gasteiger partial charge is 0.259 e. The third-order valence-corrected chi connectivity index (χ3v) is 4.37. The highest BCUT2D eigenvalue weighted by Gasteiger charge is 2.06. The summed E-state index contributed by atoms with van der Waals surface area (Å²) in [6, 6.07) is 0. The van der Waals surface area contributed by atoms with Crippen LogP contribution in [0.4, 0.5) is 0 Å². The Hall–Kier alpha value is -1.73. The maximum Gasteiger partial charge on any atom is 0.350 e. The first-order valence-electron chi connectivity index (χ1n) is 6.66. The lowest BCUT2D eigenvalue weighted by Crippen LogP contribution is -2.21. The topological polar surface area (TPSA) is 65.1 Å². The molecule has 0 bridgehead atoms. The summed E-state index contributed by atoms with van der Waals surface area (Å²) in [5.41, 5.74) is 1.39. The molecular formula is C13H14ClN5OS. The van der Waals surface area contributed by atoms with Crippen molar-refractivity contribution in [3.63, 3.8) is 0 Å². The molecule has 0 aromatic carbocycles. The number of thiazole rings is 1. The Labute approximate surface area is 130 Å². The van der Waals surface area contributed by atoms with Crippen molar-refractivity contribution < 1.29 is 0 Å². The van der Waals surface area contributed by atoms with E-state index in [-0.39, 0.29) is 5.69 Å². The fraction of sp³-hybridized carbons (Fsp3) is 0.385. The Balaban J connectivity index is 1.57. The Morgan fingerprint density at radius 3 is 3.00 bits per heavy atom. The van der Waals surface area contributed by atoms with Crippen LogP contribution in [-0.2, 0) is 18.8 Å². The van der Waals surface area contributed by atoms with Gasteiger partial charge in [-0.3, -0.25) is 4.98 Å². The van der Waals surface area contributed by atoms with Crippen molar-refractivity contribution >= 4 is 28.6 Å². The molecule has 0 aliphatic heterocycles. The van der Waals surface area contributed by atoms with E-state index in [0.717, 1.165) is 30.0 Å². The highest BCUT2D eigenvalue weighted by atomic mass is 35.5. The first kappa shape index (κ1) is 14.2. The highest BCUT2D eigenvalue weighted by Crippen LogP contribution is 2.14. The van der Waals surface area contributed by atoms with Crippen LogP contribution in [0.3, 0.4) is 0 Å². The minimum Gasteiger partial charge on any atom is -0.259 e. The summed E-state index contributed by atoms with van der Waals surface area (Å²) in [5, 5.41) is 7.33. The van der Waals surface area contributed by atoms with E-state index >= 15 is 0 Å². The van der Waals surface area contributed by atoms with Crippen LogP contribution >= 0.6 is 22.9 Å². The molecule has 0 unspecified atom stereocenters. The minimum atomic E-state index is -0.119. The predicted octanol–water partition coefficient (Wildman–Crippen LogP) is 2.11. The van der Waals surface area contributed by atoms with E-state index < -0.39 is 0 Å². The SMILES string of the molecule is O=c1n(CCCCc2nc(CCl)cs2)nc2cnccn12. The molecule has 0 fully saturated rings. The Morgan fingerprint density at radius 2 is 2.24 bits per heavy atom. The number of aryl methyl sites for hydroxylation is 2. The maximum absolute atomic E-state index is 12.0. The molecule has 0 atom stereocenters. The van der Waals surface area contributed by atoms with Gasteiger partial charge in [-0.25, -0.2) is 18.9 Å². The van der Waals surface area contributed by atoms with Crippen LogP contribution in [0.5, 0.6) is 0 Å². The van der Waals surface area contributed by atoms with Crippen molar-refractivity contribution in [2.24, 2.45) is 0 Å². The second-order valence-corrected chi connectivity index (χ2v) is 5.84. The minimum absolute atomic E-state index is 0.119. The Bertz CT molecular complexity index is 793. The summed E-state index contributed by atoms with van der Waals surface area (Å²) in [7, 11) is 0. The van der Waals surface area contributed by atoms with Gasteiger partial charge in [0.1, 0.15) is 0 Å². The molecule has 6 nitrogen and oxygen atoms in total. The van der Waals surface area contributed by atoms with E-state index in [1.807, 2.05) is 5.38 Å². The predicted molar refractivity (Wildman–Crippen MR) is 81.9 cm³/mol. The molecule has 3 rings (SSSR count). The molecule has 0 saturated heterocycles. The quantitative estimate of drug-likeness (QED) is 0.515. The van der Waals surface area contributed by atoms with Crippen molar-refractivity contribution in [2.75, 3.05) is 0 Å². The average molecular weight is 324 g/mol. The number of alkyl halides is 1. The van der Waals surface area contributed by atoms with Crippen LogP contribution in [0.15, 0.2) is 28.8 Å². The molecule has 21 heavy (non-hydrogen) atoms. The first-order chi connectivity index (χ1) is 10.3. The Kier molecular flexibility index (Phi) is 4.31. The van der Waals surface area contributed by atoms with Gasteiger partial charge in [-0.2, -0.15) is 0 Å². The van der Waals surface area contributed by atoms with Crippen molar-refractivity contribution in [1.82, 2.24) is 24.1 Å². The lowest BCUT2D eigenvalue weighted by Gasteiger charge is -1.98. The largest absolute Gasteiger partial charge is 0.350 e. The lowest BCUT2D eigenvalue weighted by atomic mass is 10.2. The first-order valence-corrected chi connectivity index (χ1v) is 8.08. The zero-order chi connectivity index (χ0) is 14.7. The maximum atomic E-state index is 12.0. The van der Waals surface area contributed by atoms with E-state index in [1.54, 1.807) is 29.9 Å². The van der Waals surface area contributed by atoms with Crippen LogP contribution in [0.1, 0.15) is 23.5 Å². The summed E-state index contributed by atoms with van der Waals surface area (Å²) in [4.78, 5) is 20.4. The fourth-order valence-electron chi connectivity index (χ4n) is 2.09. The van der Waals surface area contributed by atoms with Gasteiger partial charge in [0.05, 0.1) is 22.8 Å². The number of hydrogen-bond acceptors (Lipinski definition) is 5. The van der Waals surface area contributed by atoms with Crippen molar-refractivity contribution in [3.05, 3.63) is 45.2 Å². The van der Waals surface area contributed by atoms with Crippen molar-refractivity contribution in [1.29, 1.82) is 0 Å². The van der Waals surface area contributed by atoms with E-state index in [1.165, 1.54) is 9.08 Å². The normalized spacial score (nSPS) is 11.3. The van der Waals surface area contributed by atoms with Crippen LogP contribution in [-0.4, -0.2) is 24.1 Å². The van der Waals surface area contributed by atoms with E-state index in [2.05, 4.69) is 15.1 Å². The molecule has 0 aliphatic carbocycles. The van der Waals surface area contributed by atoms with Gasteiger partial charge in [-0.05, 0) is 19.3 Å². The van der Waals surface area contributed by atoms with E-state index in [4.69, 9.17) is 11.6 Å². The molecule has 3 heterocycles. The lowest BCUT2D eigenvalue weighted by molar-refractivity contribution is 0.541. The van der Waals surface area contributed by atoms with E-state index in [0.29, 0.717) is 18.1 Å². The standard InChI is InChI=1S/C13H14ClN5OS/c14-7-10-9-21-12(16-10)3-1-2-5-19-13(20)18-6-4-15-8-11(18)17-19/h4,6,8-9H,1-3,5,7H2. The molecule has 3 aromatic heterocycles. The molecule has 0 N–H and O–H groups in total. The van der Waals surface area contributed by atoms with Gasteiger partial charge in [0.2, 0.25) is 0 Å². The molecule has 0 spiro atoms. The van der Waals surface area contributed by atoms with Crippen LogP contribution in [0.25, 0.3) is 5.65 Å². The number of unbranched alkanes of at least 4 members (excludes halogenated alkanes) is 1. The number of fused-ring (bicyclic) bond motifs is 1. The number of hydrogen-bond donors (Lipinski definition) is 0. The zero-order valence-electron chi connectivity index (χ0n) is 11.3. The van der Waals surface area contributed by atoms with Crippen LogP contribution in [0.2, 0.25) is 0 Å². The zero-order valence-corrected chi connectivity index (χ0v) is 12.8. The molecule has 0 amide bonds.